The number of rotatable bonds is 4. The maximum atomic E-state index is 12.1. The van der Waals surface area contributed by atoms with E-state index in [-0.39, 0.29) is 5.91 Å². The molecule has 0 bridgehead atoms. The first-order valence-electron chi connectivity index (χ1n) is 6.14. The minimum atomic E-state index is -0.710. The highest BCUT2D eigenvalue weighted by Gasteiger charge is 2.17. The number of hydrogen-bond acceptors (Lipinski definition) is 2. The summed E-state index contributed by atoms with van der Waals surface area (Å²) in [5, 5.41) is 4.00. The lowest BCUT2D eigenvalue weighted by Crippen LogP contribution is -2.30. The van der Waals surface area contributed by atoms with Gasteiger partial charge in [-0.2, -0.15) is 0 Å². The van der Waals surface area contributed by atoms with Crippen LogP contribution in [0.2, 0.25) is 15.1 Å². The number of amides is 1. The molecule has 2 aromatic rings. The van der Waals surface area contributed by atoms with Crippen molar-refractivity contribution in [3.8, 4) is 5.75 Å². The van der Waals surface area contributed by atoms with Crippen LogP contribution in [0.1, 0.15) is 6.92 Å². The molecule has 110 valence electrons. The lowest BCUT2D eigenvalue weighted by Gasteiger charge is -2.16. The Morgan fingerprint density at radius 1 is 1.05 bits per heavy atom. The van der Waals surface area contributed by atoms with Crippen LogP contribution in [0.3, 0.4) is 0 Å². The zero-order valence-corrected chi connectivity index (χ0v) is 13.3. The average molecular weight is 345 g/mol. The lowest BCUT2D eigenvalue weighted by molar-refractivity contribution is -0.122. The maximum absolute atomic E-state index is 12.1. The average Bonchev–Trinajstić information content (AvgIpc) is 2.45. The highest BCUT2D eigenvalue weighted by molar-refractivity contribution is 6.39. The number of carbonyl (C=O) groups excluding carboxylic acids is 1. The van der Waals surface area contributed by atoms with Gasteiger partial charge < -0.3 is 10.1 Å². The Kier molecular flexibility index (Phi) is 5.34. The molecule has 1 amide bonds. The van der Waals surface area contributed by atoms with E-state index in [2.05, 4.69) is 5.32 Å². The molecule has 0 fully saturated rings. The van der Waals surface area contributed by atoms with E-state index in [1.54, 1.807) is 49.4 Å². The van der Waals surface area contributed by atoms with Crippen molar-refractivity contribution in [3.05, 3.63) is 57.5 Å². The summed E-state index contributed by atoms with van der Waals surface area (Å²) >= 11 is 17.8. The molecule has 0 aromatic heterocycles. The Hall–Kier alpha value is -1.42. The second-order valence-electron chi connectivity index (χ2n) is 4.30. The van der Waals surface area contributed by atoms with Gasteiger partial charge in [0.05, 0.1) is 15.7 Å². The summed E-state index contributed by atoms with van der Waals surface area (Å²) < 4.78 is 5.53. The minimum absolute atomic E-state index is 0.347. The summed E-state index contributed by atoms with van der Waals surface area (Å²) in [6, 6.07) is 11.7. The van der Waals surface area contributed by atoms with Gasteiger partial charge in [-0.05, 0) is 43.3 Å². The normalized spacial score (nSPS) is 11.8. The molecular formula is C15H12Cl3NO2. The molecule has 0 saturated heterocycles. The molecule has 0 aliphatic heterocycles. The summed E-state index contributed by atoms with van der Waals surface area (Å²) in [6.07, 6.45) is -0.710. The van der Waals surface area contributed by atoms with E-state index in [0.717, 1.165) is 0 Å². The molecule has 6 heteroatoms. The van der Waals surface area contributed by atoms with Crippen molar-refractivity contribution in [1.82, 2.24) is 0 Å². The van der Waals surface area contributed by atoms with Gasteiger partial charge in [-0.25, -0.2) is 0 Å². The number of nitrogens with one attached hydrogen (secondary N) is 1. The lowest BCUT2D eigenvalue weighted by atomic mass is 10.3. The van der Waals surface area contributed by atoms with Gasteiger partial charge >= 0.3 is 0 Å². The molecule has 2 rings (SSSR count). The quantitative estimate of drug-likeness (QED) is 0.842. The fraction of sp³-hybridized carbons (Fsp3) is 0.133. The Balaban J connectivity index is 2.04. The van der Waals surface area contributed by atoms with Crippen LogP contribution in [0.15, 0.2) is 42.5 Å². The van der Waals surface area contributed by atoms with Gasteiger partial charge in [-0.1, -0.05) is 40.9 Å². The Bertz CT molecular complexity index is 624. The smallest absolute Gasteiger partial charge is 0.265 e. The fourth-order valence-corrected chi connectivity index (χ4v) is 2.23. The standard InChI is InChI=1S/C15H12Cl3NO2/c1-9(21-11-7-5-10(16)6-8-11)15(20)19-14-12(17)3-2-4-13(14)18/h2-9H,1H3,(H,19,20)/t9-/m0/s1. The van der Waals surface area contributed by atoms with Crippen LogP contribution in [0, 0.1) is 0 Å². The van der Waals surface area contributed by atoms with Crippen LogP contribution in [-0.2, 0) is 4.79 Å². The van der Waals surface area contributed by atoms with Gasteiger partial charge in [0.25, 0.3) is 5.91 Å². The first-order valence-corrected chi connectivity index (χ1v) is 7.28. The van der Waals surface area contributed by atoms with Crippen molar-refractivity contribution in [3.63, 3.8) is 0 Å². The van der Waals surface area contributed by atoms with Crippen LogP contribution >= 0.6 is 34.8 Å². The van der Waals surface area contributed by atoms with E-state index in [1.807, 2.05) is 0 Å². The fourth-order valence-electron chi connectivity index (χ4n) is 1.61. The molecule has 0 aliphatic rings. The topological polar surface area (TPSA) is 38.3 Å². The van der Waals surface area contributed by atoms with E-state index in [9.17, 15) is 4.79 Å². The first-order chi connectivity index (χ1) is 9.97. The van der Waals surface area contributed by atoms with Crippen LogP contribution in [0.5, 0.6) is 5.75 Å². The highest BCUT2D eigenvalue weighted by Crippen LogP contribution is 2.30. The number of carbonyl (C=O) groups is 1. The molecule has 1 N–H and O–H groups in total. The monoisotopic (exact) mass is 343 g/mol. The van der Waals surface area contributed by atoms with Gasteiger partial charge in [0.1, 0.15) is 5.75 Å². The highest BCUT2D eigenvalue weighted by atomic mass is 35.5. The molecule has 0 radical (unpaired) electrons. The Morgan fingerprint density at radius 3 is 2.19 bits per heavy atom. The summed E-state index contributed by atoms with van der Waals surface area (Å²) in [6.45, 7) is 1.63. The first kappa shape index (κ1) is 16.0. The molecule has 0 aliphatic carbocycles. The van der Waals surface area contributed by atoms with Crippen molar-refractivity contribution >= 4 is 46.4 Å². The van der Waals surface area contributed by atoms with Gasteiger partial charge in [0.2, 0.25) is 0 Å². The van der Waals surface area contributed by atoms with E-state index in [1.165, 1.54) is 0 Å². The molecule has 0 spiro atoms. The molecule has 0 unspecified atom stereocenters. The van der Waals surface area contributed by atoms with Crippen molar-refractivity contribution in [2.45, 2.75) is 13.0 Å². The van der Waals surface area contributed by atoms with E-state index < -0.39 is 6.10 Å². The summed E-state index contributed by atoms with van der Waals surface area (Å²) in [5.74, 6) is 0.201. The Labute approximate surface area is 137 Å². The number of hydrogen-bond donors (Lipinski definition) is 1. The zero-order valence-electron chi connectivity index (χ0n) is 11.1. The summed E-state index contributed by atoms with van der Waals surface area (Å²) in [4.78, 5) is 12.1. The van der Waals surface area contributed by atoms with Gasteiger partial charge in [-0.15, -0.1) is 0 Å². The van der Waals surface area contributed by atoms with Crippen LogP contribution < -0.4 is 10.1 Å². The predicted octanol–water partition coefficient (Wildman–Crippen LogP) is 5.05. The number of halogens is 3. The second kappa shape index (κ2) is 7.03. The van der Waals surface area contributed by atoms with Crippen molar-refractivity contribution in [2.75, 3.05) is 5.32 Å². The number of anilines is 1. The largest absolute Gasteiger partial charge is 0.481 e. The van der Waals surface area contributed by atoms with Gasteiger partial charge in [-0.3, -0.25) is 4.79 Å². The Morgan fingerprint density at radius 2 is 1.62 bits per heavy atom. The third-order valence-corrected chi connectivity index (χ3v) is 3.59. The van der Waals surface area contributed by atoms with E-state index >= 15 is 0 Å². The summed E-state index contributed by atoms with van der Waals surface area (Å²) in [5.41, 5.74) is 0.373. The van der Waals surface area contributed by atoms with Crippen molar-refractivity contribution in [2.24, 2.45) is 0 Å². The SMILES string of the molecule is C[C@H](Oc1ccc(Cl)cc1)C(=O)Nc1c(Cl)cccc1Cl. The second-order valence-corrected chi connectivity index (χ2v) is 5.55. The van der Waals surface area contributed by atoms with E-state index in [4.69, 9.17) is 39.5 Å². The molecule has 0 heterocycles. The third kappa shape index (κ3) is 4.27. The maximum Gasteiger partial charge on any atom is 0.265 e. The third-order valence-electron chi connectivity index (χ3n) is 2.71. The zero-order chi connectivity index (χ0) is 15.4. The molecular weight excluding hydrogens is 333 g/mol. The van der Waals surface area contributed by atoms with Gasteiger partial charge in [0.15, 0.2) is 6.10 Å². The molecule has 21 heavy (non-hydrogen) atoms. The minimum Gasteiger partial charge on any atom is -0.481 e. The number of benzene rings is 2. The molecule has 1 atom stereocenters. The van der Waals surface area contributed by atoms with Crippen LogP contribution in [0.4, 0.5) is 5.69 Å². The van der Waals surface area contributed by atoms with Crippen LogP contribution in [-0.4, -0.2) is 12.0 Å². The number of para-hydroxylation sites is 1. The van der Waals surface area contributed by atoms with Gasteiger partial charge in [0, 0.05) is 5.02 Å². The summed E-state index contributed by atoms with van der Waals surface area (Å²) in [7, 11) is 0. The van der Waals surface area contributed by atoms with Crippen LogP contribution in [0.25, 0.3) is 0 Å². The molecule has 2 aromatic carbocycles. The number of ether oxygens (including phenoxy) is 1. The molecule has 0 saturated carbocycles. The predicted molar refractivity (Wildman–Crippen MR) is 86.6 cm³/mol. The van der Waals surface area contributed by atoms with Crippen molar-refractivity contribution in [1.29, 1.82) is 0 Å². The van der Waals surface area contributed by atoms with E-state index in [0.29, 0.717) is 26.5 Å². The van der Waals surface area contributed by atoms with Crippen molar-refractivity contribution < 1.29 is 9.53 Å². The molecule has 3 nitrogen and oxygen atoms in total.